The molecule has 0 saturated heterocycles. The molecule has 6 aromatic carbocycles. The molecule has 52 heavy (non-hydrogen) atoms. The van der Waals surface area contributed by atoms with Gasteiger partial charge >= 0.3 is 0 Å². The lowest BCUT2D eigenvalue weighted by atomic mass is 9.70. The van der Waals surface area contributed by atoms with Crippen LogP contribution >= 0.6 is 0 Å². The van der Waals surface area contributed by atoms with Crippen LogP contribution in [-0.2, 0) is 5.41 Å². The van der Waals surface area contributed by atoms with E-state index in [2.05, 4.69) is 172 Å². The Morgan fingerprint density at radius 1 is 0.423 bits per heavy atom. The second kappa shape index (κ2) is 11.5. The minimum Gasteiger partial charge on any atom is -0.256 e. The fraction of sp³-hybridized carbons (Fsp3) is 0.0816. The van der Waals surface area contributed by atoms with E-state index < -0.39 is 5.41 Å². The van der Waals surface area contributed by atoms with Crippen molar-refractivity contribution < 1.29 is 0 Å². The van der Waals surface area contributed by atoms with Crippen molar-refractivity contribution in [2.45, 2.75) is 26.2 Å². The second-order valence-corrected chi connectivity index (χ2v) is 14.2. The van der Waals surface area contributed by atoms with Gasteiger partial charge in [-0.25, -0.2) is 9.97 Å². The molecule has 246 valence electrons. The van der Waals surface area contributed by atoms with Crippen molar-refractivity contribution in [1.82, 2.24) is 15.0 Å². The fourth-order valence-electron chi connectivity index (χ4n) is 8.79. The molecule has 0 radical (unpaired) electrons. The fourth-order valence-corrected chi connectivity index (χ4v) is 8.79. The van der Waals surface area contributed by atoms with E-state index in [1.54, 1.807) is 0 Å². The Morgan fingerprint density at radius 2 is 1.02 bits per heavy atom. The van der Waals surface area contributed by atoms with E-state index in [0.29, 0.717) is 0 Å². The monoisotopic (exact) mass is 665 g/mol. The first-order chi connectivity index (χ1) is 25.5. The molecule has 1 spiro atoms. The molecule has 2 aliphatic carbocycles. The van der Waals surface area contributed by atoms with Crippen molar-refractivity contribution in [2.24, 2.45) is 0 Å². The molecule has 10 rings (SSSR count). The van der Waals surface area contributed by atoms with Crippen LogP contribution in [0.4, 0.5) is 0 Å². The van der Waals surface area contributed by atoms with Gasteiger partial charge in [0.15, 0.2) is 5.82 Å². The smallest absolute Gasteiger partial charge is 0.160 e. The van der Waals surface area contributed by atoms with Gasteiger partial charge in [-0.3, -0.25) is 4.98 Å². The van der Waals surface area contributed by atoms with Crippen LogP contribution in [0.1, 0.15) is 39.1 Å². The summed E-state index contributed by atoms with van der Waals surface area (Å²) in [6.07, 6.45) is 1.97. The van der Waals surface area contributed by atoms with Gasteiger partial charge in [-0.2, -0.15) is 0 Å². The molecule has 2 heterocycles. The van der Waals surface area contributed by atoms with E-state index in [1.165, 1.54) is 66.8 Å². The molecule has 3 nitrogen and oxygen atoms in total. The zero-order valence-corrected chi connectivity index (χ0v) is 29.4. The minimum absolute atomic E-state index is 0.429. The first-order valence-electron chi connectivity index (χ1n) is 17.9. The first-order valence-corrected chi connectivity index (χ1v) is 17.9. The third kappa shape index (κ3) is 4.49. The molecule has 2 aliphatic rings. The summed E-state index contributed by atoms with van der Waals surface area (Å²) in [5.74, 6) is 0.735. The van der Waals surface area contributed by atoms with E-state index in [0.717, 1.165) is 39.6 Å². The predicted molar refractivity (Wildman–Crippen MR) is 212 cm³/mol. The van der Waals surface area contributed by atoms with Crippen molar-refractivity contribution in [3.8, 4) is 67.3 Å². The number of hydrogen-bond donors (Lipinski definition) is 0. The lowest BCUT2D eigenvalue weighted by molar-refractivity contribution is 0.794. The molecule has 0 bridgehead atoms. The van der Waals surface area contributed by atoms with Gasteiger partial charge in [0, 0.05) is 28.6 Å². The molecule has 1 atom stereocenters. The molecule has 0 N–H and O–H groups in total. The maximum absolute atomic E-state index is 5.19. The van der Waals surface area contributed by atoms with Crippen LogP contribution in [0.3, 0.4) is 0 Å². The molecule has 0 aliphatic heterocycles. The molecule has 0 saturated carbocycles. The quantitative estimate of drug-likeness (QED) is 0.188. The van der Waals surface area contributed by atoms with Gasteiger partial charge in [0.05, 0.1) is 16.8 Å². The summed E-state index contributed by atoms with van der Waals surface area (Å²) in [5.41, 5.74) is 20.7. The van der Waals surface area contributed by atoms with Crippen LogP contribution in [0.2, 0.25) is 0 Å². The van der Waals surface area contributed by atoms with Crippen LogP contribution < -0.4 is 0 Å². The summed E-state index contributed by atoms with van der Waals surface area (Å²) in [6, 6.07) is 55.2. The van der Waals surface area contributed by atoms with Gasteiger partial charge in [0.25, 0.3) is 0 Å². The van der Waals surface area contributed by atoms with E-state index in [4.69, 9.17) is 15.0 Å². The number of rotatable bonds is 4. The van der Waals surface area contributed by atoms with Gasteiger partial charge in [-0.1, -0.05) is 127 Å². The highest BCUT2D eigenvalue weighted by Gasteiger charge is 2.51. The molecule has 3 heteroatoms. The first kappa shape index (κ1) is 30.4. The summed E-state index contributed by atoms with van der Waals surface area (Å²) in [6.45, 7) is 6.31. The minimum atomic E-state index is -0.429. The summed E-state index contributed by atoms with van der Waals surface area (Å²) < 4.78 is 0. The third-order valence-corrected chi connectivity index (χ3v) is 11.0. The molecular weight excluding hydrogens is 631 g/mol. The van der Waals surface area contributed by atoms with Crippen LogP contribution in [0.15, 0.2) is 158 Å². The molecule has 0 fully saturated rings. The topological polar surface area (TPSA) is 38.7 Å². The van der Waals surface area contributed by atoms with Gasteiger partial charge in [0.1, 0.15) is 0 Å². The second-order valence-electron chi connectivity index (χ2n) is 14.2. The zero-order valence-electron chi connectivity index (χ0n) is 29.4. The van der Waals surface area contributed by atoms with Crippen molar-refractivity contribution in [3.05, 3.63) is 197 Å². The Balaban J connectivity index is 1.13. The van der Waals surface area contributed by atoms with Gasteiger partial charge in [-0.05, 0) is 112 Å². The van der Waals surface area contributed by atoms with Crippen LogP contribution in [-0.4, -0.2) is 15.0 Å². The highest BCUT2D eigenvalue weighted by Crippen LogP contribution is 2.63. The number of aromatic nitrogens is 3. The lowest BCUT2D eigenvalue weighted by Gasteiger charge is -2.30. The maximum Gasteiger partial charge on any atom is 0.160 e. The number of fused-ring (bicyclic) bond motifs is 10. The van der Waals surface area contributed by atoms with E-state index in [-0.39, 0.29) is 0 Å². The van der Waals surface area contributed by atoms with E-state index in [1.807, 2.05) is 6.20 Å². The van der Waals surface area contributed by atoms with Gasteiger partial charge < -0.3 is 0 Å². The zero-order chi connectivity index (χ0) is 35.0. The standard InChI is InChI=1S/C49H35N3/c1-30-24-31(2)47(50-29-30)36-20-22-44-40(27-36)38-16-7-9-18-42(38)49(44)43-19-10-8-17-39(43)41-28-37(21-23-45(41)49)48-51-32(3)25-46(52-48)35-15-11-14-34(26-35)33-12-5-4-6-13-33/h4-29H,1-3H3. The van der Waals surface area contributed by atoms with Crippen LogP contribution in [0.5, 0.6) is 0 Å². The van der Waals surface area contributed by atoms with E-state index >= 15 is 0 Å². The van der Waals surface area contributed by atoms with E-state index in [9.17, 15) is 0 Å². The maximum atomic E-state index is 5.19. The van der Waals surface area contributed by atoms with Crippen LogP contribution in [0.25, 0.3) is 67.3 Å². The molecular formula is C49H35N3. The Hall–Kier alpha value is -6.45. The summed E-state index contributed by atoms with van der Waals surface area (Å²) >= 11 is 0. The van der Waals surface area contributed by atoms with Crippen molar-refractivity contribution in [1.29, 1.82) is 0 Å². The third-order valence-electron chi connectivity index (χ3n) is 11.0. The van der Waals surface area contributed by atoms with Crippen molar-refractivity contribution in [3.63, 3.8) is 0 Å². The molecule has 2 aromatic heterocycles. The Labute approximate surface area is 304 Å². The largest absolute Gasteiger partial charge is 0.256 e. The molecule has 8 aromatic rings. The number of nitrogens with zero attached hydrogens (tertiary/aromatic N) is 3. The van der Waals surface area contributed by atoms with Gasteiger partial charge in [-0.15, -0.1) is 0 Å². The molecule has 1 unspecified atom stereocenters. The lowest BCUT2D eigenvalue weighted by Crippen LogP contribution is -2.25. The summed E-state index contributed by atoms with van der Waals surface area (Å²) in [4.78, 5) is 15.0. The summed E-state index contributed by atoms with van der Waals surface area (Å²) in [5, 5.41) is 0. The average molecular weight is 666 g/mol. The summed E-state index contributed by atoms with van der Waals surface area (Å²) in [7, 11) is 0. The predicted octanol–water partition coefficient (Wildman–Crippen LogP) is 11.8. The van der Waals surface area contributed by atoms with Gasteiger partial charge in [0.2, 0.25) is 0 Å². The molecule has 0 amide bonds. The van der Waals surface area contributed by atoms with Crippen LogP contribution in [0, 0.1) is 20.8 Å². The van der Waals surface area contributed by atoms with Crippen molar-refractivity contribution in [2.75, 3.05) is 0 Å². The average Bonchev–Trinajstić information content (AvgIpc) is 3.64. The highest BCUT2D eigenvalue weighted by atomic mass is 14.9. The normalized spacial score (nSPS) is 14.9. The number of hydrogen-bond acceptors (Lipinski definition) is 3. The number of benzene rings is 6. The Kier molecular flexibility index (Phi) is 6.74. The Bertz CT molecular complexity index is 2730. The number of pyridine rings is 1. The SMILES string of the molecule is Cc1cnc(-c2ccc3c(c2)-c2ccccc2C32c3ccccc3-c3cc(-c4nc(C)cc(-c5cccc(-c6ccccc6)c5)n4)ccc32)c(C)c1. The Morgan fingerprint density at radius 3 is 1.73 bits per heavy atom. The highest BCUT2D eigenvalue weighted by molar-refractivity contribution is 5.96. The number of aryl methyl sites for hydroxylation is 3. The van der Waals surface area contributed by atoms with Crippen molar-refractivity contribution >= 4 is 0 Å².